The van der Waals surface area contributed by atoms with Gasteiger partial charge in [-0.15, -0.1) is 0 Å². The number of para-hydroxylation sites is 1. The van der Waals surface area contributed by atoms with E-state index in [0.717, 1.165) is 13.2 Å². The third-order valence-corrected chi connectivity index (χ3v) is 9.21. The lowest BCUT2D eigenvalue weighted by molar-refractivity contribution is 0.396. The van der Waals surface area contributed by atoms with Gasteiger partial charge in [0.1, 0.15) is 16.9 Å². The summed E-state index contributed by atoms with van der Waals surface area (Å²) in [7, 11) is -7.05. The van der Waals surface area contributed by atoms with Crippen LogP contribution in [0.3, 0.4) is 0 Å². The van der Waals surface area contributed by atoms with E-state index in [9.17, 15) is 26.4 Å². The zero-order valence-corrected chi connectivity index (χ0v) is 18.9. The van der Waals surface area contributed by atoms with Crippen molar-refractivity contribution in [3.8, 4) is 11.5 Å². The van der Waals surface area contributed by atoms with Crippen LogP contribution < -0.4 is 20.7 Å². The van der Waals surface area contributed by atoms with Crippen LogP contribution in [0.2, 0.25) is 0 Å². The molecule has 4 aromatic rings. The molecule has 0 unspecified atom stereocenters. The van der Waals surface area contributed by atoms with Crippen LogP contribution in [0.15, 0.2) is 76.7 Å². The second kappa shape index (κ2) is 8.05. The van der Waals surface area contributed by atoms with E-state index in [1.807, 2.05) is 0 Å². The van der Waals surface area contributed by atoms with Crippen LogP contribution in [0.25, 0.3) is 21.9 Å². The topological polar surface area (TPSA) is 147 Å². The fourth-order valence-corrected chi connectivity index (χ4v) is 7.31. The predicted octanol–water partition coefficient (Wildman–Crippen LogP) is 2.12. The predicted molar refractivity (Wildman–Crippen MR) is 117 cm³/mol. The first-order valence-electron chi connectivity index (χ1n) is 9.24. The van der Waals surface area contributed by atoms with E-state index in [1.54, 1.807) is 12.1 Å². The number of hydrogen-bond acceptors (Lipinski definition) is 10. The molecule has 0 radical (unpaired) electrons. The molecule has 4 rings (SSSR count). The van der Waals surface area contributed by atoms with Crippen molar-refractivity contribution in [3.63, 3.8) is 0 Å². The quantitative estimate of drug-likeness (QED) is 0.367. The maximum absolute atomic E-state index is 13.1. The van der Waals surface area contributed by atoms with Gasteiger partial charge in [0.25, 0.3) is 0 Å². The number of rotatable bonds is 6. The van der Waals surface area contributed by atoms with Crippen molar-refractivity contribution in [1.82, 2.24) is 0 Å². The molecular weight excluding hydrogens is 476 g/mol. The Balaban J connectivity index is 1.85. The molecule has 0 atom stereocenters. The highest BCUT2D eigenvalue weighted by Gasteiger charge is 2.35. The fraction of sp³-hybridized carbons (Fsp3) is 0.143. The number of sulfone groups is 2. The molecule has 0 saturated heterocycles. The molecule has 2 heterocycles. The molecule has 12 heteroatoms. The highest BCUT2D eigenvalue weighted by Crippen LogP contribution is 2.31. The highest BCUT2D eigenvalue weighted by atomic mass is 32.3. The normalized spacial score (nSPS) is 12.2. The number of hydrogen-bond donors (Lipinski definition) is 0. The third kappa shape index (κ3) is 3.98. The molecule has 0 spiro atoms. The largest absolute Gasteiger partial charge is 0.497 e. The molecule has 0 bridgehead atoms. The minimum atomic E-state index is -4.83. The zero-order valence-electron chi connectivity index (χ0n) is 17.2. The first kappa shape index (κ1) is 22.6. The summed E-state index contributed by atoms with van der Waals surface area (Å²) in [6.07, 6.45) is 0. The minimum Gasteiger partial charge on any atom is -0.497 e. The van der Waals surface area contributed by atoms with Gasteiger partial charge in [-0.1, -0.05) is 12.1 Å². The van der Waals surface area contributed by atoms with E-state index in [1.165, 1.54) is 37.4 Å². The molecule has 33 heavy (non-hydrogen) atoms. The molecule has 2 aromatic heterocycles. The van der Waals surface area contributed by atoms with Crippen LogP contribution >= 0.6 is 0 Å². The number of ether oxygens (including phenoxy) is 2. The van der Waals surface area contributed by atoms with Crippen LogP contribution in [0.1, 0.15) is 0 Å². The van der Waals surface area contributed by atoms with Crippen LogP contribution in [-0.2, 0) is 19.7 Å². The zero-order chi connectivity index (χ0) is 24.0. The van der Waals surface area contributed by atoms with Gasteiger partial charge in [0, 0.05) is 11.5 Å². The van der Waals surface area contributed by atoms with Crippen LogP contribution in [-0.4, -0.2) is 36.1 Å². The van der Waals surface area contributed by atoms with Gasteiger partial charge in [0.2, 0.25) is 9.84 Å². The van der Waals surface area contributed by atoms with Gasteiger partial charge in [0.05, 0.1) is 19.6 Å². The van der Waals surface area contributed by atoms with Crippen molar-refractivity contribution in [1.29, 1.82) is 0 Å². The van der Waals surface area contributed by atoms with Gasteiger partial charge in [-0.05, 0) is 30.3 Å². The molecule has 0 fully saturated rings. The molecule has 10 nitrogen and oxygen atoms in total. The molecule has 172 valence electrons. The first-order chi connectivity index (χ1) is 15.6. The molecule has 0 aliphatic heterocycles. The summed E-state index contributed by atoms with van der Waals surface area (Å²) in [5, 5.41) is -1.18. The van der Waals surface area contributed by atoms with Crippen molar-refractivity contribution >= 4 is 41.6 Å². The lowest BCUT2D eigenvalue weighted by Gasteiger charge is -2.11. The Labute approximate surface area is 186 Å². The summed E-state index contributed by atoms with van der Waals surface area (Å²) in [6, 6.07) is 11.4. The maximum Gasteiger partial charge on any atom is 0.359 e. The Bertz CT molecular complexity index is 1730. The minimum absolute atomic E-state index is 0.0537. The van der Waals surface area contributed by atoms with Crippen LogP contribution in [0, 0.1) is 0 Å². The summed E-state index contributed by atoms with van der Waals surface area (Å²) < 4.78 is 72.3. The van der Waals surface area contributed by atoms with E-state index in [4.69, 9.17) is 18.3 Å². The third-order valence-electron chi connectivity index (χ3n) is 4.80. The SMILES string of the molecule is COc1ccc2cc(S(=O)(=O)CS(=O)(=O)c3c(OC)c4ccccc4oc3=O)c(=O)oc2c1. The smallest absolute Gasteiger partial charge is 0.359 e. The van der Waals surface area contributed by atoms with E-state index in [0.29, 0.717) is 5.75 Å². The van der Waals surface area contributed by atoms with Crippen molar-refractivity contribution in [2.24, 2.45) is 0 Å². The molecule has 2 aromatic carbocycles. The number of fused-ring (bicyclic) bond motifs is 2. The van der Waals surface area contributed by atoms with E-state index >= 15 is 0 Å². The van der Waals surface area contributed by atoms with Crippen molar-refractivity contribution < 1.29 is 35.1 Å². The summed E-state index contributed by atoms with van der Waals surface area (Å²) in [5.41, 5.74) is -2.44. The summed E-state index contributed by atoms with van der Waals surface area (Å²) in [5.74, 6) is 0.0219. The average Bonchev–Trinajstić information content (AvgIpc) is 2.76. The number of benzene rings is 2. The van der Waals surface area contributed by atoms with E-state index in [-0.39, 0.29) is 27.7 Å². The molecule has 0 aliphatic rings. The Kier molecular flexibility index (Phi) is 5.50. The molecular formula is C21H16O10S2. The lowest BCUT2D eigenvalue weighted by Crippen LogP contribution is -2.26. The van der Waals surface area contributed by atoms with Crippen LogP contribution in [0.4, 0.5) is 0 Å². The summed E-state index contributed by atoms with van der Waals surface area (Å²) >= 11 is 0. The van der Waals surface area contributed by atoms with Crippen molar-refractivity contribution in [3.05, 3.63) is 69.4 Å². The van der Waals surface area contributed by atoms with Gasteiger partial charge >= 0.3 is 11.3 Å². The second-order valence-electron chi connectivity index (χ2n) is 6.90. The molecule has 0 amide bonds. The maximum atomic E-state index is 13.1. The van der Waals surface area contributed by atoms with Gasteiger partial charge in [-0.2, -0.15) is 0 Å². The Hall–Kier alpha value is -3.64. The Morgan fingerprint density at radius 3 is 2.18 bits per heavy atom. The highest BCUT2D eigenvalue weighted by molar-refractivity contribution is 8.08. The van der Waals surface area contributed by atoms with Gasteiger partial charge in [-0.25, -0.2) is 26.4 Å². The van der Waals surface area contributed by atoms with E-state index < -0.39 is 45.8 Å². The van der Waals surface area contributed by atoms with Gasteiger partial charge in [0.15, 0.2) is 30.5 Å². The van der Waals surface area contributed by atoms with Crippen molar-refractivity contribution in [2.75, 3.05) is 19.3 Å². The van der Waals surface area contributed by atoms with Crippen molar-refractivity contribution in [2.45, 2.75) is 9.79 Å². The molecule has 0 N–H and O–H groups in total. The summed E-state index contributed by atoms with van der Waals surface area (Å²) in [4.78, 5) is 23.0. The number of methoxy groups -OCH3 is 2. The Morgan fingerprint density at radius 2 is 1.48 bits per heavy atom. The summed E-state index contributed by atoms with van der Waals surface area (Å²) in [6.45, 7) is 0. The first-order valence-corrected chi connectivity index (χ1v) is 12.5. The fourth-order valence-electron chi connectivity index (χ4n) is 3.32. The Morgan fingerprint density at radius 1 is 0.788 bits per heavy atom. The second-order valence-corrected chi connectivity index (χ2v) is 11.1. The van der Waals surface area contributed by atoms with Crippen LogP contribution in [0.5, 0.6) is 11.5 Å². The average molecular weight is 492 g/mol. The standard InChI is InChI=1S/C21H16O10S2/c1-28-13-8-7-12-9-17(20(22)31-16(12)10-13)32(24,25)11-33(26,27)19-18(29-2)14-5-3-4-6-15(14)30-21(19)23/h3-10H,11H2,1-2H3. The monoisotopic (exact) mass is 492 g/mol. The molecule has 0 aliphatic carbocycles. The van der Waals surface area contributed by atoms with Gasteiger partial charge in [-0.3, -0.25) is 0 Å². The van der Waals surface area contributed by atoms with Gasteiger partial charge < -0.3 is 18.3 Å². The van der Waals surface area contributed by atoms with E-state index in [2.05, 4.69) is 0 Å². The lowest BCUT2D eigenvalue weighted by atomic mass is 10.2. The molecule has 0 saturated carbocycles.